The molecular formula is C14H25NS. The standard InChI is InChI=1S/C14H25NS/c1-5-12(6-2)11(4)15-13(7-3)14-9-8-10-16-14/h8-13,15H,5-7H2,1-4H3. The smallest absolute Gasteiger partial charge is 0.0414 e. The summed E-state index contributed by atoms with van der Waals surface area (Å²) in [7, 11) is 0. The molecule has 0 aliphatic carbocycles. The molecule has 1 N–H and O–H groups in total. The molecule has 0 amide bonds. The van der Waals surface area contributed by atoms with Gasteiger partial charge in [-0.2, -0.15) is 0 Å². The van der Waals surface area contributed by atoms with Crippen molar-refractivity contribution in [2.45, 2.75) is 59.0 Å². The predicted molar refractivity (Wildman–Crippen MR) is 74.0 cm³/mol. The Kier molecular flexibility index (Phi) is 6.07. The predicted octanol–water partition coefficient (Wildman–Crippen LogP) is 4.61. The molecule has 1 heterocycles. The van der Waals surface area contributed by atoms with Crippen LogP contribution in [-0.2, 0) is 0 Å². The molecule has 1 nitrogen and oxygen atoms in total. The van der Waals surface area contributed by atoms with Gasteiger partial charge in [-0.05, 0) is 30.7 Å². The molecule has 2 atom stereocenters. The SMILES string of the molecule is CCC(NC(C)C(CC)CC)c1cccs1. The fraction of sp³-hybridized carbons (Fsp3) is 0.714. The van der Waals surface area contributed by atoms with E-state index in [-0.39, 0.29) is 0 Å². The van der Waals surface area contributed by atoms with Crippen LogP contribution >= 0.6 is 11.3 Å². The Bertz CT molecular complexity index is 264. The monoisotopic (exact) mass is 239 g/mol. The van der Waals surface area contributed by atoms with Crippen LogP contribution in [0.3, 0.4) is 0 Å². The van der Waals surface area contributed by atoms with E-state index in [0.717, 1.165) is 5.92 Å². The Labute approximate surface area is 104 Å². The first kappa shape index (κ1) is 13.7. The molecule has 1 rings (SSSR count). The number of hydrogen-bond acceptors (Lipinski definition) is 2. The molecule has 0 saturated carbocycles. The maximum Gasteiger partial charge on any atom is 0.0414 e. The van der Waals surface area contributed by atoms with Crippen LogP contribution in [0.25, 0.3) is 0 Å². The zero-order chi connectivity index (χ0) is 12.0. The average Bonchev–Trinajstić information content (AvgIpc) is 2.81. The van der Waals surface area contributed by atoms with E-state index in [1.54, 1.807) is 0 Å². The molecular weight excluding hydrogens is 214 g/mol. The lowest BCUT2D eigenvalue weighted by Crippen LogP contribution is -2.35. The third kappa shape index (κ3) is 3.60. The quantitative estimate of drug-likeness (QED) is 0.732. The van der Waals surface area contributed by atoms with Gasteiger partial charge in [0.1, 0.15) is 0 Å². The van der Waals surface area contributed by atoms with E-state index in [1.807, 2.05) is 11.3 Å². The summed E-state index contributed by atoms with van der Waals surface area (Å²) in [6.45, 7) is 9.17. The van der Waals surface area contributed by atoms with E-state index in [9.17, 15) is 0 Å². The van der Waals surface area contributed by atoms with Crippen LogP contribution in [0.15, 0.2) is 17.5 Å². The molecule has 0 radical (unpaired) electrons. The molecule has 92 valence electrons. The summed E-state index contributed by atoms with van der Waals surface area (Å²) >= 11 is 1.86. The van der Waals surface area contributed by atoms with Gasteiger partial charge in [0.25, 0.3) is 0 Å². The number of rotatable bonds is 7. The summed E-state index contributed by atoms with van der Waals surface area (Å²) in [5, 5.41) is 5.95. The minimum absolute atomic E-state index is 0.538. The van der Waals surface area contributed by atoms with Crippen LogP contribution in [0.2, 0.25) is 0 Å². The number of thiophene rings is 1. The molecule has 0 bridgehead atoms. The third-order valence-corrected chi connectivity index (χ3v) is 4.50. The van der Waals surface area contributed by atoms with Crippen molar-refractivity contribution in [3.63, 3.8) is 0 Å². The van der Waals surface area contributed by atoms with Gasteiger partial charge in [0, 0.05) is 17.0 Å². The van der Waals surface area contributed by atoms with E-state index in [0.29, 0.717) is 12.1 Å². The second kappa shape index (κ2) is 7.08. The summed E-state index contributed by atoms with van der Waals surface area (Å²) in [5.74, 6) is 0.800. The molecule has 2 unspecified atom stereocenters. The second-order valence-corrected chi connectivity index (χ2v) is 5.49. The second-order valence-electron chi connectivity index (χ2n) is 4.51. The van der Waals surface area contributed by atoms with Gasteiger partial charge in [-0.3, -0.25) is 0 Å². The van der Waals surface area contributed by atoms with Crippen LogP contribution < -0.4 is 5.32 Å². The van der Waals surface area contributed by atoms with Gasteiger partial charge in [0.05, 0.1) is 0 Å². The summed E-state index contributed by atoms with van der Waals surface area (Å²) in [6.07, 6.45) is 3.71. The maximum atomic E-state index is 3.78. The Morgan fingerprint density at radius 2 is 1.88 bits per heavy atom. The molecule has 0 spiro atoms. The largest absolute Gasteiger partial charge is 0.306 e. The number of nitrogens with one attached hydrogen (secondary N) is 1. The van der Waals surface area contributed by atoms with Gasteiger partial charge in [-0.15, -0.1) is 11.3 Å². The molecule has 1 aromatic rings. The average molecular weight is 239 g/mol. The Morgan fingerprint density at radius 1 is 1.19 bits per heavy atom. The Hall–Kier alpha value is -0.340. The zero-order valence-corrected chi connectivity index (χ0v) is 11.8. The van der Waals surface area contributed by atoms with Gasteiger partial charge in [0.2, 0.25) is 0 Å². The minimum Gasteiger partial charge on any atom is -0.306 e. The molecule has 2 heteroatoms. The molecule has 0 aliphatic rings. The lowest BCUT2D eigenvalue weighted by Gasteiger charge is -2.27. The highest BCUT2D eigenvalue weighted by Crippen LogP contribution is 2.24. The molecule has 0 fully saturated rings. The van der Waals surface area contributed by atoms with Gasteiger partial charge in [0.15, 0.2) is 0 Å². The minimum atomic E-state index is 0.538. The van der Waals surface area contributed by atoms with Crippen LogP contribution in [-0.4, -0.2) is 6.04 Å². The van der Waals surface area contributed by atoms with E-state index in [2.05, 4.69) is 50.5 Å². The van der Waals surface area contributed by atoms with Gasteiger partial charge >= 0.3 is 0 Å². The first-order valence-corrected chi connectivity index (χ1v) is 7.40. The highest BCUT2D eigenvalue weighted by molar-refractivity contribution is 7.10. The van der Waals surface area contributed by atoms with Crippen molar-refractivity contribution in [1.29, 1.82) is 0 Å². The van der Waals surface area contributed by atoms with Crippen molar-refractivity contribution in [3.05, 3.63) is 22.4 Å². The van der Waals surface area contributed by atoms with Crippen LogP contribution in [0.4, 0.5) is 0 Å². The van der Waals surface area contributed by atoms with Crippen LogP contribution in [0.1, 0.15) is 57.9 Å². The Balaban J connectivity index is 2.56. The lowest BCUT2D eigenvalue weighted by molar-refractivity contribution is 0.320. The molecule has 0 saturated heterocycles. The van der Waals surface area contributed by atoms with E-state index in [4.69, 9.17) is 0 Å². The maximum absolute atomic E-state index is 3.78. The summed E-state index contributed by atoms with van der Waals surface area (Å²) in [4.78, 5) is 1.47. The van der Waals surface area contributed by atoms with Crippen molar-refractivity contribution in [3.8, 4) is 0 Å². The third-order valence-electron chi connectivity index (χ3n) is 3.51. The lowest BCUT2D eigenvalue weighted by atomic mass is 9.94. The fourth-order valence-corrected chi connectivity index (χ4v) is 3.21. The van der Waals surface area contributed by atoms with E-state index >= 15 is 0 Å². The van der Waals surface area contributed by atoms with Gasteiger partial charge in [-0.25, -0.2) is 0 Å². The summed E-state index contributed by atoms with van der Waals surface area (Å²) in [6, 6.07) is 5.54. The number of hydrogen-bond donors (Lipinski definition) is 1. The van der Waals surface area contributed by atoms with Crippen molar-refractivity contribution in [2.75, 3.05) is 0 Å². The van der Waals surface area contributed by atoms with E-state index in [1.165, 1.54) is 24.1 Å². The summed E-state index contributed by atoms with van der Waals surface area (Å²) in [5.41, 5.74) is 0. The first-order chi connectivity index (χ1) is 7.72. The Morgan fingerprint density at radius 3 is 2.31 bits per heavy atom. The van der Waals surface area contributed by atoms with Gasteiger partial charge < -0.3 is 5.32 Å². The molecule has 0 aromatic carbocycles. The van der Waals surface area contributed by atoms with Crippen molar-refractivity contribution < 1.29 is 0 Å². The van der Waals surface area contributed by atoms with Crippen molar-refractivity contribution >= 4 is 11.3 Å². The summed E-state index contributed by atoms with van der Waals surface area (Å²) < 4.78 is 0. The highest BCUT2D eigenvalue weighted by atomic mass is 32.1. The molecule has 0 aliphatic heterocycles. The van der Waals surface area contributed by atoms with Gasteiger partial charge in [-0.1, -0.05) is 39.7 Å². The fourth-order valence-electron chi connectivity index (χ4n) is 2.34. The van der Waals surface area contributed by atoms with Crippen molar-refractivity contribution in [1.82, 2.24) is 5.32 Å². The molecule has 1 aromatic heterocycles. The van der Waals surface area contributed by atoms with Crippen molar-refractivity contribution in [2.24, 2.45) is 5.92 Å². The highest BCUT2D eigenvalue weighted by Gasteiger charge is 2.18. The van der Waals surface area contributed by atoms with Crippen LogP contribution in [0, 0.1) is 5.92 Å². The first-order valence-electron chi connectivity index (χ1n) is 6.52. The topological polar surface area (TPSA) is 12.0 Å². The van der Waals surface area contributed by atoms with E-state index < -0.39 is 0 Å². The zero-order valence-electron chi connectivity index (χ0n) is 11.0. The van der Waals surface area contributed by atoms with Crippen LogP contribution in [0.5, 0.6) is 0 Å². The normalized spacial score (nSPS) is 15.3. The molecule has 16 heavy (non-hydrogen) atoms.